The molecule has 3 nitrogen and oxygen atoms in total. The van der Waals surface area contributed by atoms with E-state index in [-0.39, 0.29) is 5.97 Å². The quantitative estimate of drug-likeness (QED) is 0.488. The van der Waals surface area contributed by atoms with Crippen molar-refractivity contribution in [2.45, 2.75) is 32.6 Å². The van der Waals surface area contributed by atoms with Gasteiger partial charge in [-0.15, -0.1) is 0 Å². The molecule has 0 aliphatic rings. The zero-order valence-electron chi connectivity index (χ0n) is 7.14. The highest BCUT2D eigenvalue weighted by Gasteiger charge is 2.01. The molecular formula is C8H15NO2. The summed E-state index contributed by atoms with van der Waals surface area (Å²) in [6.45, 7) is 2.02. The van der Waals surface area contributed by atoms with Crippen molar-refractivity contribution < 1.29 is 9.53 Å². The van der Waals surface area contributed by atoms with Gasteiger partial charge in [0.05, 0.1) is 13.5 Å². The summed E-state index contributed by atoms with van der Waals surface area (Å²) < 4.78 is 4.44. The minimum Gasteiger partial charge on any atom is -0.469 e. The second kappa shape index (κ2) is 5.89. The fraction of sp³-hybridized carbons (Fsp3) is 0.750. The van der Waals surface area contributed by atoms with Gasteiger partial charge >= 0.3 is 5.97 Å². The molecule has 0 saturated carbocycles. The van der Waals surface area contributed by atoms with Gasteiger partial charge in [0.1, 0.15) is 0 Å². The van der Waals surface area contributed by atoms with Gasteiger partial charge < -0.3 is 10.1 Å². The van der Waals surface area contributed by atoms with E-state index in [0.717, 1.165) is 12.8 Å². The second-order valence-electron chi connectivity index (χ2n) is 2.43. The van der Waals surface area contributed by atoms with Gasteiger partial charge in [-0.25, -0.2) is 0 Å². The Morgan fingerprint density at radius 1 is 1.36 bits per heavy atom. The zero-order chi connectivity index (χ0) is 8.69. The lowest BCUT2D eigenvalue weighted by Gasteiger charge is -1.99. The van der Waals surface area contributed by atoms with Crippen LogP contribution < -0.4 is 0 Å². The van der Waals surface area contributed by atoms with Crippen LogP contribution in [0, 0.1) is 5.41 Å². The molecule has 0 bridgehead atoms. The van der Waals surface area contributed by atoms with Crippen molar-refractivity contribution >= 4 is 11.7 Å². The number of carbonyl (C=O) groups is 1. The van der Waals surface area contributed by atoms with Crippen LogP contribution in [0.1, 0.15) is 32.6 Å². The van der Waals surface area contributed by atoms with Crippen molar-refractivity contribution in [1.29, 1.82) is 5.41 Å². The standard InChI is InChI=1S/C8H15NO2/c1-3-4-7(9)5-6-8(10)11-2/h9H,3-6H2,1-2H3. The Bertz CT molecular complexity index is 143. The summed E-state index contributed by atoms with van der Waals surface area (Å²) in [6, 6.07) is 0. The van der Waals surface area contributed by atoms with E-state index < -0.39 is 0 Å². The van der Waals surface area contributed by atoms with Crippen LogP contribution in [0.15, 0.2) is 0 Å². The summed E-state index contributed by atoms with van der Waals surface area (Å²) in [5.74, 6) is -0.231. The molecule has 0 saturated heterocycles. The summed E-state index contributed by atoms with van der Waals surface area (Å²) >= 11 is 0. The fourth-order valence-electron chi connectivity index (χ4n) is 0.782. The Labute approximate surface area is 67.3 Å². The van der Waals surface area contributed by atoms with Gasteiger partial charge in [0.2, 0.25) is 0 Å². The number of ether oxygens (including phenoxy) is 1. The zero-order valence-corrected chi connectivity index (χ0v) is 7.14. The van der Waals surface area contributed by atoms with Crippen molar-refractivity contribution in [3.8, 4) is 0 Å². The molecule has 0 aromatic heterocycles. The molecule has 0 aliphatic heterocycles. The minimum absolute atomic E-state index is 0.231. The molecule has 0 unspecified atom stereocenters. The Balaban J connectivity index is 3.38. The summed E-state index contributed by atoms with van der Waals surface area (Å²) in [4.78, 5) is 10.6. The first kappa shape index (κ1) is 10.1. The number of rotatable bonds is 5. The van der Waals surface area contributed by atoms with E-state index >= 15 is 0 Å². The van der Waals surface area contributed by atoms with E-state index in [9.17, 15) is 4.79 Å². The lowest BCUT2D eigenvalue weighted by atomic mass is 10.1. The molecule has 0 aromatic rings. The van der Waals surface area contributed by atoms with E-state index in [1.54, 1.807) is 0 Å². The van der Waals surface area contributed by atoms with Gasteiger partial charge in [-0.3, -0.25) is 4.79 Å². The number of hydrogen-bond donors (Lipinski definition) is 1. The highest BCUT2D eigenvalue weighted by Crippen LogP contribution is 1.99. The maximum Gasteiger partial charge on any atom is 0.305 e. The lowest BCUT2D eigenvalue weighted by Crippen LogP contribution is -2.04. The molecule has 11 heavy (non-hydrogen) atoms. The fourth-order valence-corrected chi connectivity index (χ4v) is 0.782. The highest BCUT2D eigenvalue weighted by molar-refractivity contribution is 5.84. The van der Waals surface area contributed by atoms with Crippen LogP contribution in [-0.2, 0) is 9.53 Å². The Hall–Kier alpha value is -0.860. The third-order valence-corrected chi connectivity index (χ3v) is 1.41. The molecule has 0 atom stereocenters. The first-order valence-electron chi connectivity index (χ1n) is 3.83. The highest BCUT2D eigenvalue weighted by atomic mass is 16.5. The smallest absolute Gasteiger partial charge is 0.305 e. The Kier molecular flexibility index (Phi) is 5.43. The predicted octanol–water partition coefficient (Wildman–Crippen LogP) is 1.76. The van der Waals surface area contributed by atoms with Gasteiger partial charge in [-0.05, 0) is 12.8 Å². The molecule has 0 rings (SSSR count). The molecular weight excluding hydrogens is 142 g/mol. The average molecular weight is 157 g/mol. The number of hydrogen-bond acceptors (Lipinski definition) is 3. The maximum absolute atomic E-state index is 10.6. The molecule has 64 valence electrons. The molecule has 0 radical (unpaired) electrons. The minimum atomic E-state index is -0.231. The van der Waals surface area contributed by atoms with Crippen LogP contribution in [0.4, 0.5) is 0 Å². The van der Waals surface area contributed by atoms with Gasteiger partial charge in [0, 0.05) is 5.71 Å². The van der Waals surface area contributed by atoms with E-state index in [2.05, 4.69) is 4.74 Å². The van der Waals surface area contributed by atoms with Crippen molar-refractivity contribution in [2.24, 2.45) is 0 Å². The van der Waals surface area contributed by atoms with Crippen LogP contribution in [0.5, 0.6) is 0 Å². The second-order valence-corrected chi connectivity index (χ2v) is 2.43. The summed E-state index contributed by atoms with van der Waals surface area (Å²) in [7, 11) is 1.37. The average Bonchev–Trinajstić information content (AvgIpc) is 2.01. The van der Waals surface area contributed by atoms with Crippen molar-refractivity contribution in [2.75, 3.05) is 7.11 Å². The number of nitrogens with one attached hydrogen (secondary N) is 1. The lowest BCUT2D eigenvalue weighted by molar-refractivity contribution is -0.140. The van der Waals surface area contributed by atoms with Crippen LogP contribution >= 0.6 is 0 Å². The third-order valence-electron chi connectivity index (χ3n) is 1.41. The van der Waals surface area contributed by atoms with Gasteiger partial charge in [-0.2, -0.15) is 0 Å². The monoisotopic (exact) mass is 157 g/mol. The van der Waals surface area contributed by atoms with Crippen molar-refractivity contribution in [1.82, 2.24) is 0 Å². The molecule has 0 aromatic carbocycles. The molecule has 3 heteroatoms. The molecule has 0 amide bonds. The van der Waals surface area contributed by atoms with Crippen LogP contribution in [0.3, 0.4) is 0 Å². The molecule has 1 N–H and O–H groups in total. The first-order valence-corrected chi connectivity index (χ1v) is 3.83. The van der Waals surface area contributed by atoms with E-state index in [0.29, 0.717) is 18.6 Å². The SMILES string of the molecule is CCCC(=N)CCC(=O)OC. The van der Waals surface area contributed by atoms with Crippen LogP contribution in [-0.4, -0.2) is 18.8 Å². The van der Waals surface area contributed by atoms with Crippen molar-refractivity contribution in [3.05, 3.63) is 0 Å². The van der Waals surface area contributed by atoms with Crippen LogP contribution in [0.2, 0.25) is 0 Å². The normalized spacial score (nSPS) is 9.27. The number of esters is 1. The van der Waals surface area contributed by atoms with Gasteiger partial charge in [0.15, 0.2) is 0 Å². The van der Waals surface area contributed by atoms with Gasteiger partial charge in [0.25, 0.3) is 0 Å². The van der Waals surface area contributed by atoms with Crippen LogP contribution in [0.25, 0.3) is 0 Å². The summed E-state index contributed by atoms with van der Waals surface area (Å²) in [6.07, 6.45) is 2.65. The topological polar surface area (TPSA) is 50.2 Å². The van der Waals surface area contributed by atoms with Gasteiger partial charge in [-0.1, -0.05) is 13.3 Å². The predicted molar refractivity (Wildman–Crippen MR) is 43.9 cm³/mol. The molecule has 0 fully saturated rings. The summed E-state index contributed by atoms with van der Waals surface area (Å²) in [5.41, 5.74) is 0.637. The van der Waals surface area contributed by atoms with E-state index in [1.165, 1.54) is 7.11 Å². The number of carbonyl (C=O) groups excluding carboxylic acids is 1. The largest absolute Gasteiger partial charge is 0.469 e. The molecule has 0 aliphatic carbocycles. The third kappa shape index (κ3) is 5.58. The van der Waals surface area contributed by atoms with Crippen molar-refractivity contribution in [3.63, 3.8) is 0 Å². The first-order chi connectivity index (χ1) is 5.20. The molecule has 0 spiro atoms. The van der Waals surface area contributed by atoms with E-state index in [4.69, 9.17) is 5.41 Å². The molecule has 0 heterocycles. The summed E-state index contributed by atoms with van der Waals surface area (Å²) in [5, 5.41) is 7.35. The van der Waals surface area contributed by atoms with E-state index in [1.807, 2.05) is 6.92 Å². The number of methoxy groups -OCH3 is 1. The Morgan fingerprint density at radius 3 is 2.45 bits per heavy atom. The Morgan fingerprint density at radius 2 is 2.00 bits per heavy atom. The maximum atomic E-state index is 10.6.